The molecule has 1 N–H and O–H groups in total. The van der Waals surface area contributed by atoms with Gasteiger partial charge in [-0.1, -0.05) is 47.5 Å². The van der Waals surface area contributed by atoms with Crippen LogP contribution in [-0.4, -0.2) is 17.2 Å². The third-order valence-corrected chi connectivity index (χ3v) is 3.52. The molecule has 0 aromatic heterocycles. The number of halogens is 1. The van der Waals surface area contributed by atoms with Crippen LogP contribution in [0.2, 0.25) is 5.02 Å². The molecule has 0 saturated carbocycles. The highest BCUT2D eigenvalue weighted by atomic mass is 35.5. The number of aliphatic carboxylic acids is 1. The Morgan fingerprint density at radius 2 is 1.83 bits per heavy atom. The van der Waals surface area contributed by atoms with Gasteiger partial charge in [-0.15, -0.1) is 0 Å². The van der Waals surface area contributed by atoms with Gasteiger partial charge in [0, 0.05) is 0 Å². The summed E-state index contributed by atoms with van der Waals surface area (Å²) in [7, 11) is 0. The Morgan fingerprint density at radius 1 is 1.17 bits per heavy atom. The van der Waals surface area contributed by atoms with E-state index in [9.17, 15) is 9.90 Å². The Kier molecular flexibility index (Phi) is 5.45. The van der Waals surface area contributed by atoms with E-state index in [1.54, 1.807) is 36.4 Å². The predicted octanol–water partition coefficient (Wildman–Crippen LogP) is 5.06. The standard InChI is InChI=1S/C19H19ClO3/c1-12(2)23-18-9-6-14(11-17(18)20)10-16(19(21)22)15-7-4-13(3)5-8-15/h4-12H,1-3H3,(H,21,22)/b16-10-. The minimum Gasteiger partial charge on any atom is -0.489 e. The molecule has 0 aliphatic carbocycles. The maximum atomic E-state index is 11.6. The van der Waals surface area contributed by atoms with Crippen molar-refractivity contribution in [2.45, 2.75) is 26.9 Å². The van der Waals surface area contributed by atoms with Crippen LogP contribution in [0.15, 0.2) is 42.5 Å². The van der Waals surface area contributed by atoms with E-state index in [1.165, 1.54) is 0 Å². The number of carbonyl (C=O) groups is 1. The van der Waals surface area contributed by atoms with Crippen molar-refractivity contribution in [3.63, 3.8) is 0 Å². The molecule has 2 rings (SSSR count). The second kappa shape index (κ2) is 7.34. The van der Waals surface area contributed by atoms with E-state index >= 15 is 0 Å². The third-order valence-electron chi connectivity index (χ3n) is 3.22. The number of hydrogen-bond acceptors (Lipinski definition) is 2. The van der Waals surface area contributed by atoms with Crippen LogP contribution in [0, 0.1) is 6.92 Å². The fourth-order valence-electron chi connectivity index (χ4n) is 2.12. The molecular weight excluding hydrogens is 312 g/mol. The smallest absolute Gasteiger partial charge is 0.336 e. The van der Waals surface area contributed by atoms with Gasteiger partial charge in [-0.25, -0.2) is 4.79 Å². The van der Waals surface area contributed by atoms with Gasteiger partial charge in [-0.3, -0.25) is 0 Å². The van der Waals surface area contributed by atoms with E-state index in [4.69, 9.17) is 16.3 Å². The van der Waals surface area contributed by atoms with Gasteiger partial charge in [0.1, 0.15) is 5.75 Å². The summed E-state index contributed by atoms with van der Waals surface area (Å²) in [4.78, 5) is 11.6. The largest absolute Gasteiger partial charge is 0.489 e. The minimum atomic E-state index is -0.979. The van der Waals surface area contributed by atoms with Gasteiger partial charge in [-0.2, -0.15) is 0 Å². The molecule has 0 aliphatic heterocycles. The van der Waals surface area contributed by atoms with Crippen molar-refractivity contribution in [3.05, 3.63) is 64.2 Å². The maximum absolute atomic E-state index is 11.6. The van der Waals surface area contributed by atoms with Crippen molar-refractivity contribution >= 4 is 29.2 Å². The van der Waals surface area contributed by atoms with Crippen LogP contribution in [0.1, 0.15) is 30.5 Å². The fraction of sp³-hybridized carbons (Fsp3) is 0.211. The second-order valence-corrected chi connectivity index (χ2v) is 5.99. The van der Waals surface area contributed by atoms with Crippen molar-refractivity contribution in [1.29, 1.82) is 0 Å². The quantitative estimate of drug-likeness (QED) is 0.615. The van der Waals surface area contributed by atoms with E-state index in [2.05, 4.69) is 0 Å². The molecule has 23 heavy (non-hydrogen) atoms. The molecule has 0 saturated heterocycles. The summed E-state index contributed by atoms with van der Waals surface area (Å²) in [6, 6.07) is 12.6. The van der Waals surface area contributed by atoms with Crippen LogP contribution in [0.3, 0.4) is 0 Å². The Hall–Kier alpha value is -2.26. The topological polar surface area (TPSA) is 46.5 Å². The molecule has 4 heteroatoms. The average Bonchev–Trinajstić information content (AvgIpc) is 2.48. The average molecular weight is 331 g/mol. The number of rotatable bonds is 5. The molecule has 2 aromatic rings. The number of benzene rings is 2. The summed E-state index contributed by atoms with van der Waals surface area (Å²) in [6.45, 7) is 5.80. The fourth-order valence-corrected chi connectivity index (χ4v) is 2.36. The number of hydrogen-bond donors (Lipinski definition) is 1. The zero-order chi connectivity index (χ0) is 17.0. The van der Waals surface area contributed by atoms with Crippen LogP contribution in [0.25, 0.3) is 11.6 Å². The highest BCUT2D eigenvalue weighted by molar-refractivity contribution is 6.32. The Labute approximate surface area is 141 Å². The summed E-state index contributed by atoms with van der Waals surface area (Å²) >= 11 is 6.20. The molecule has 0 unspecified atom stereocenters. The van der Waals surface area contributed by atoms with Crippen molar-refractivity contribution in [2.24, 2.45) is 0 Å². The highest BCUT2D eigenvalue weighted by Gasteiger charge is 2.11. The first-order chi connectivity index (χ1) is 10.9. The third kappa shape index (κ3) is 4.60. The molecule has 120 valence electrons. The minimum absolute atomic E-state index is 0.0241. The molecule has 0 atom stereocenters. The van der Waals surface area contributed by atoms with Gasteiger partial charge in [-0.05, 0) is 50.1 Å². The molecule has 3 nitrogen and oxygen atoms in total. The lowest BCUT2D eigenvalue weighted by Gasteiger charge is -2.11. The van der Waals surface area contributed by atoms with Gasteiger partial charge in [0.2, 0.25) is 0 Å². The van der Waals surface area contributed by atoms with Crippen molar-refractivity contribution in [1.82, 2.24) is 0 Å². The van der Waals surface area contributed by atoms with E-state index in [0.29, 0.717) is 21.9 Å². The molecule has 2 aromatic carbocycles. The van der Waals surface area contributed by atoms with Crippen molar-refractivity contribution in [2.75, 3.05) is 0 Å². The summed E-state index contributed by atoms with van der Waals surface area (Å²) in [6.07, 6.45) is 1.63. The van der Waals surface area contributed by atoms with E-state index < -0.39 is 5.97 Å². The van der Waals surface area contributed by atoms with Gasteiger partial charge in [0.05, 0.1) is 16.7 Å². The second-order valence-electron chi connectivity index (χ2n) is 5.59. The number of carboxylic acid groups (broad SMARTS) is 1. The molecule has 0 fully saturated rings. The van der Waals surface area contributed by atoms with Crippen LogP contribution < -0.4 is 4.74 Å². The van der Waals surface area contributed by atoms with E-state index in [-0.39, 0.29) is 11.7 Å². The van der Waals surface area contributed by atoms with E-state index in [0.717, 1.165) is 5.56 Å². The molecule has 0 heterocycles. The molecule has 0 aliphatic rings. The summed E-state index contributed by atoms with van der Waals surface area (Å²) in [5.41, 5.74) is 2.67. The summed E-state index contributed by atoms with van der Waals surface area (Å²) in [5, 5.41) is 9.93. The van der Waals surface area contributed by atoms with Gasteiger partial charge >= 0.3 is 5.97 Å². The Morgan fingerprint density at radius 3 is 2.35 bits per heavy atom. The molecular formula is C19H19ClO3. The number of ether oxygens (including phenoxy) is 1. The zero-order valence-corrected chi connectivity index (χ0v) is 14.1. The molecule has 0 amide bonds. The van der Waals surface area contributed by atoms with Gasteiger partial charge in [0.25, 0.3) is 0 Å². The zero-order valence-electron chi connectivity index (χ0n) is 13.3. The number of carboxylic acids is 1. The van der Waals surface area contributed by atoms with E-state index in [1.807, 2.05) is 32.9 Å². The monoisotopic (exact) mass is 330 g/mol. The van der Waals surface area contributed by atoms with Crippen molar-refractivity contribution < 1.29 is 14.6 Å². The van der Waals surface area contributed by atoms with Crippen molar-refractivity contribution in [3.8, 4) is 5.75 Å². The summed E-state index contributed by atoms with van der Waals surface area (Å²) < 4.78 is 5.58. The lowest BCUT2D eigenvalue weighted by Crippen LogP contribution is -2.05. The van der Waals surface area contributed by atoms with Crippen LogP contribution >= 0.6 is 11.6 Å². The Bertz CT molecular complexity index is 731. The van der Waals surface area contributed by atoms with Gasteiger partial charge in [0.15, 0.2) is 0 Å². The van der Waals surface area contributed by atoms with Gasteiger partial charge < -0.3 is 9.84 Å². The lowest BCUT2D eigenvalue weighted by atomic mass is 10.0. The molecule has 0 radical (unpaired) electrons. The Balaban J connectivity index is 2.38. The molecule has 0 bridgehead atoms. The SMILES string of the molecule is Cc1ccc(/C(=C/c2ccc(OC(C)C)c(Cl)c2)C(=O)O)cc1. The maximum Gasteiger partial charge on any atom is 0.336 e. The first kappa shape index (κ1) is 17.1. The normalized spacial score (nSPS) is 11.6. The van der Waals surface area contributed by atoms with Crippen LogP contribution in [0.4, 0.5) is 0 Å². The predicted molar refractivity (Wildman–Crippen MR) is 93.9 cm³/mol. The van der Waals surface area contributed by atoms with Crippen LogP contribution in [0.5, 0.6) is 5.75 Å². The first-order valence-corrected chi connectivity index (χ1v) is 7.73. The number of aryl methyl sites for hydroxylation is 1. The highest BCUT2D eigenvalue weighted by Crippen LogP contribution is 2.28. The first-order valence-electron chi connectivity index (χ1n) is 7.35. The summed E-state index contributed by atoms with van der Waals surface area (Å²) in [5.74, 6) is -0.390. The van der Waals surface area contributed by atoms with Crippen LogP contribution in [-0.2, 0) is 4.79 Å². The molecule has 0 spiro atoms. The lowest BCUT2D eigenvalue weighted by molar-refractivity contribution is -0.130.